The van der Waals surface area contributed by atoms with Gasteiger partial charge in [0.15, 0.2) is 0 Å². The zero-order chi connectivity index (χ0) is 15.3. The number of pyridine rings is 1. The Bertz CT molecular complexity index is 512. The van der Waals surface area contributed by atoms with Crippen LogP contribution in [-0.2, 0) is 0 Å². The van der Waals surface area contributed by atoms with E-state index in [0.717, 1.165) is 0 Å². The van der Waals surface area contributed by atoms with Crippen molar-refractivity contribution < 1.29 is 4.92 Å². The molecule has 1 aromatic rings. The standard InChI is InChI=1S/C14H20N4O2/c1-9(2)13(10(3)4)8-17-14-11(6-15)5-12(7-16-14)18(19)20/h5,7,9-10,13H,8H2,1-4H3,(H,16,17). The number of nitrogens with one attached hydrogen (secondary N) is 1. The molecular weight excluding hydrogens is 256 g/mol. The van der Waals surface area contributed by atoms with Crippen LogP contribution >= 0.6 is 0 Å². The molecule has 0 aliphatic carbocycles. The first-order valence-electron chi connectivity index (χ1n) is 6.65. The highest BCUT2D eigenvalue weighted by Crippen LogP contribution is 2.23. The molecule has 1 aromatic heterocycles. The molecule has 0 aliphatic heterocycles. The normalized spacial score (nSPS) is 10.9. The van der Waals surface area contributed by atoms with Crippen LogP contribution in [0.3, 0.4) is 0 Å². The Kier molecular flexibility index (Phi) is 5.44. The van der Waals surface area contributed by atoms with Crippen LogP contribution in [0.4, 0.5) is 11.5 Å². The van der Waals surface area contributed by atoms with Crippen molar-refractivity contribution >= 4 is 11.5 Å². The molecule has 0 bridgehead atoms. The molecule has 0 atom stereocenters. The lowest BCUT2D eigenvalue weighted by Gasteiger charge is -2.25. The Morgan fingerprint density at radius 2 is 2.00 bits per heavy atom. The van der Waals surface area contributed by atoms with Gasteiger partial charge in [-0.05, 0) is 17.8 Å². The van der Waals surface area contributed by atoms with E-state index < -0.39 is 4.92 Å². The first-order chi connectivity index (χ1) is 9.36. The molecular formula is C14H20N4O2. The van der Waals surface area contributed by atoms with Crippen LogP contribution < -0.4 is 5.32 Å². The molecule has 1 rings (SSSR count). The quantitative estimate of drug-likeness (QED) is 0.636. The topological polar surface area (TPSA) is 91.8 Å². The van der Waals surface area contributed by atoms with E-state index >= 15 is 0 Å². The van der Waals surface area contributed by atoms with Crippen LogP contribution in [0, 0.1) is 39.2 Å². The third-order valence-corrected chi connectivity index (χ3v) is 3.42. The van der Waals surface area contributed by atoms with Crippen LogP contribution in [0.2, 0.25) is 0 Å². The first kappa shape index (κ1) is 15.9. The van der Waals surface area contributed by atoms with Crippen LogP contribution in [0.15, 0.2) is 12.3 Å². The maximum Gasteiger partial charge on any atom is 0.289 e. The van der Waals surface area contributed by atoms with Gasteiger partial charge in [0, 0.05) is 12.6 Å². The van der Waals surface area contributed by atoms with Crippen molar-refractivity contribution in [1.82, 2.24) is 4.98 Å². The largest absolute Gasteiger partial charge is 0.369 e. The molecule has 0 aromatic carbocycles. The van der Waals surface area contributed by atoms with Crippen molar-refractivity contribution in [3.8, 4) is 6.07 Å². The van der Waals surface area contributed by atoms with Crippen molar-refractivity contribution in [3.05, 3.63) is 27.9 Å². The first-order valence-corrected chi connectivity index (χ1v) is 6.65. The molecule has 1 heterocycles. The van der Waals surface area contributed by atoms with Crippen molar-refractivity contribution in [3.63, 3.8) is 0 Å². The van der Waals surface area contributed by atoms with E-state index in [1.165, 1.54) is 12.3 Å². The summed E-state index contributed by atoms with van der Waals surface area (Å²) in [4.78, 5) is 14.1. The molecule has 0 unspecified atom stereocenters. The molecule has 0 saturated heterocycles. The van der Waals surface area contributed by atoms with Gasteiger partial charge in [-0.25, -0.2) is 4.98 Å². The molecule has 20 heavy (non-hydrogen) atoms. The molecule has 6 nitrogen and oxygen atoms in total. The second-order valence-electron chi connectivity index (χ2n) is 5.49. The Morgan fingerprint density at radius 1 is 1.40 bits per heavy atom. The second-order valence-corrected chi connectivity index (χ2v) is 5.49. The van der Waals surface area contributed by atoms with Gasteiger partial charge in [-0.15, -0.1) is 0 Å². The van der Waals surface area contributed by atoms with Gasteiger partial charge < -0.3 is 5.32 Å². The molecule has 0 fully saturated rings. The summed E-state index contributed by atoms with van der Waals surface area (Å²) in [7, 11) is 0. The molecule has 0 saturated carbocycles. The molecule has 108 valence electrons. The molecule has 0 amide bonds. The smallest absolute Gasteiger partial charge is 0.289 e. The fraction of sp³-hybridized carbons (Fsp3) is 0.571. The summed E-state index contributed by atoms with van der Waals surface area (Å²) in [5.41, 5.74) is 0.0295. The number of nitrogens with zero attached hydrogens (tertiary/aromatic N) is 3. The summed E-state index contributed by atoms with van der Waals surface area (Å²) in [6, 6.07) is 3.19. The lowest BCUT2D eigenvalue weighted by molar-refractivity contribution is -0.385. The van der Waals surface area contributed by atoms with Crippen molar-refractivity contribution in [2.45, 2.75) is 27.7 Å². The van der Waals surface area contributed by atoms with Gasteiger partial charge in [0.25, 0.3) is 5.69 Å². The van der Waals surface area contributed by atoms with Crippen molar-refractivity contribution in [2.24, 2.45) is 17.8 Å². The molecule has 1 N–H and O–H groups in total. The average Bonchev–Trinajstić information content (AvgIpc) is 2.37. The minimum atomic E-state index is -0.553. The number of nitriles is 1. The van der Waals surface area contributed by atoms with Gasteiger partial charge in [-0.2, -0.15) is 5.26 Å². The van der Waals surface area contributed by atoms with E-state index in [4.69, 9.17) is 5.26 Å². The lowest BCUT2D eigenvalue weighted by Crippen LogP contribution is -2.25. The van der Waals surface area contributed by atoms with Crippen LogP contribution in [-0.4, -0.2) is 16.5 Å². The van der Waals surface area contributed by atoms with Crippen LogP contribution in [0.5, 0.6) is 0 Å². The minimum Gasteiger partial charge on any atom is -0.369 e. The fourth-order valence-electron chi connectivity index (χ4n) is 2.24. The summed E-state index contributed by atoms with van der Waals surface area (Å²) in [5.74, 6) is 1.86. The van der Waals surface area contributed by atoms with E-state index in [-0.39, 0.29) is 11.3 Å². The van der Waals surface area contributed by atoms with Gasteiger partial charge >= 0.3 is 0 Å². The number of hydrogen-bond acceptors (Lipinski definition) is 5. The summed E-state index contributed by atoms with van der Waals surface area (Å²) in [5, 5.41) is 22.9. The number of nitro groups is 1. The van der Waals surface area contributed by atoms with Gasteiger partial charge in [0.1, 0.15) is 23.6 Å². The second kappa shape index (κ2) is 6.85. The third kappa shape index (κ3) is 3.92. The predicted molar refractivity (Wildman–Crippen MR) is 77.3 cm³/mol. The lowest BCUT2D eigenvalue weighted by atomic mass is 9.85. The average molecular weight is 276 g/mol. The zero-order valence-electron chi connectivity index (χ0n) is 12.3. The summed E-state index contributed by atoms with van der Waals surface area (Å²) < 4.78 is 0. The zero-order valence-corrected chi connectivity index (χ0v) is 12.3. The molecule has 0 spiro atoms. The van der Waals surface area contributed by atoms with Crippen LogP contribution in [0.1, 0.15) is 33.3 Å². The Morgan fingerprint density at radius 3 is 2.45 bits per heavy atom. The van der Waals surface area contributed by atoms with Gasteiger partial charge in [0.05, 0.1) is 4.92 Å². The van der Waals surface area contributed by atoms with Gasteiger partial charge in [-0.1, -0.05) is 27.7 Å². The van der Waals surface area contributed by atoms with E-state index in [0.29, 0.717) is 30.1 Å². The predicted octanol–water partition coefficient (Wildman–Crippen LogP) is 3.20. The van der Waals surface area contributed by atoms with E-state index in [1.807, 2.05) is 6.07 Å². The van der Waals surface area contributed by atoms with E-state index in [9.17, 15) is 10.1 Å². The van der Waals surface area contributed by atoms with E-state index in [1.54, 1.807) is 0 Å². The summed E-state index contributed by atoms with van der Waals surface area (Å²) in [6.07, 6.45) is 1.17. The Hall–Kier alpha value is -2.16. The van der Waals surface area contributed by atoms with Gasteiger partial charge in [0.2, 0.25) is 0 Å². The SMILES string of the molecule is CC(C)C(CNc1ncc([N+](=O)[O-])cc1C#N)C(C)C. The molecule has 6 heteroatoms. The van der Waals surface area contributed by atoms with Gasteiger partial charge in [-0.3, -0.25) is 10.1 Å². The molecule has 0 aliphatic rings. The highest BCUT2D eigenvalue weighted by atomic mass is 16.6. The third-order valence-electron chi connectivity index (χ3n) is 3.42. The summed E-state index contributed by atoms with van der Waals surface area (Å²) in [6.45, 7) is 9.30. The van der Waals surface area contributed by atoms with E-state index in [2.05, 4.69) is 38.0 Å². The number of rotatable bonds is 6. The molecule has 0 radical (unpaired) electrons. The van der Waals surface area contributed by atoms with Crippen molar-refractivity contribution in [2.75, 3.05) is 11.9 Å². The minimum absolute atomic E-state index is 0.170. The Labute approximate surface area is 119 Å². The highest BCUT2D eigenvalue weighted by molar-refractivity contribution is 5.55. The van der Waals surface area contributed by atoms with Crippen molar-refractivity contribution in [1.29, 1.82) is 5.26 Å². The fourth-order valence-corrected chi connectivity index (χ4v) is 2.24. The van der Waals surface area contributed by atoms with Crippen LogP contribution in [0.25, 0.3) is 0 Å². The highest BCUT2D eigenvalue weighted by Gasteiger charge is 2.19. The maximum absolute atomic E-state index is 10.7. The number of anilines is 1. The maximum atomic E-state index is 10.7. The number of hydrogen-bond donors (Lipinski definition) is 1. The monoisotopic (exact) mass is 276 g/mol. The summed E-state index contributed by atoms with van der Waals surface area (Å²) >= 11 is 0. The number of aromatic nitrogens is 1. The Balaban J connectivity index is 2.88.